The molecule has 0 bridgehead atoms. The number of amides is 1. The van der Waals surface area contributed by atoms with Crippen LogP contribution in [0.1, 0.15) is 23.2 Å². The molecule has 6 nitrogen and oxygen atoms in total. The van der Waals surface area contributed by atoms with Crippen LogP contribution in [-0.4, -0.2) is 47.3 Å². The average Bonchev–Trinajstić information content (AvgIpc) is 2.86. The van der Waals surface area contributed by atoms with Gasteiger partial charge in [0, 0.05) is 18.3 Å². The molecule has 1 fully saturated rings. The van der Waals surface area contributed by atoms with E-state index in [1.54, 1.807) is 4.90 Å². The molecule has 1 aliphatic rings. The standard InChI is InChI=1S/C13H18N2O4/c1-19-12-5-9(10(14)6-11(12)17)13(18)15-4-2-3-8(15)7-16/h5-6,8,16-17H,2-4,7,14H2,1H3. The van der Waals surface area contributed by atoms with Crippen LogP contribution in [0, 0.1) is 0 Å². The summed E-state index contributed by atoms with van der Waals surface area (Å²) in [7, 11) is 1.41. The third-order valence-electron chi connectivity index (χ3n) is 3.43. The summed E-state index contributed by atoms with van der Waals surface area (Å²) in [5.74, 6) is -0.138. The van der Waals surface area contributed by atoms with Gasteiger partial charge in [-0.2, -0.15) is 0 Å². The maximum atomic E-state index is 12.4. The molecule has 0 aromatic heterocycles. The number of benzene rings is 1. The first-order chi connectivity index (χ1) is 9.08. The molecule has 6 heteroatoms. The van der Waals surface area contributed by atoms with E-state index in [9.17, 15) is 15.0 Å². The Labute approximate surface area is 111 Å². The van der Waals surface area contributed by atoms with Gasteiger partial charge < -0.3 is 25.6 Å². The second-order valence-electron chi connectivity index (χ2n) is 4.59. The van der Waals surface area contributed by atoms with E-state index in [2.05, 4.69) is 0 Å². The third-order valence-corrected chi connectivity index (χ3v) is 3.43. The van der Waals surface area contributed by atoms with Gasteiger partial charge in [0.1, 0.15) is 0 Å². The van der Waals surface area contributed by atoms with Gasteiger partial charge in [-0.3, -0.25) is 4.79 Å². The Hall–Kier alpha value is -1.95. The van der Waals surface area contributed by atoms with Crippen molar-refractivity contribution in [3.05, 3.63) is 17.7 Å². The van der Waals surface area contributed by atoms with Gasteiger partial charge in [-0.25, -0.2) is 0 Å². The van der Waals surface area contributed by atoms with Crippen LogP contribution in [0.25, 0.3) is 0 Å². The molecule has 2 rings (SSSR count). The summed E-state index contributed by atoms with van der Waals surface area (Å²) < 4.78 is 4.98. The van der Waals surface area contributed by atoms with Crippen molar-refractivity contribution in [2.45, 2.75) is 18.9 Å². The van der Waals surface area contributed by atoms with Crippen molar-refractivity contribution < 1.29 is 19.7 Å². The Bertz CT molecular complexity index is 490. The molecular formula is C13H18N2O4. The minimum absolute atomic E-state index is 0.0547. The number of ether oxygens (including phenoxy) is 1. The number of phenols is 1. The molecular weight excluding hydrogens is 248 g/mol. The molecule has 1 unspecified atom stereocenters. The molecule has 1 atom stereocenters. The first-order valence-corrected chi connectivity index (χ1v) is 6.16. The first kappa shape index (κ1) is 13.5. The lowest BCUT2D eigenvalue weighted by Crippen LogP contribution is -2.37. The highest BCUT2D eigenvalue weighted by molar-refractivity contribution is 6.00. The lowest BCUT2D eigenvalue weighted by Gasteiger charge is -2.24. The Balaban J connectivity index is 2.33. The number of hydrogen-bond donors (Lipinski definition) is 3. The van der Waals surface area contributed by atoms with Gasteiger partial charge in [0.05, 0.1) is 25.3 Å². The SMILES string of the molecule is COc1cc(C(=O)N2CCCC2CO)c(N)cc1O. The van der Waals surface area contributed by atoms with Crippen molar-refractivity contribution in [3.63, 3.8) is 0 Å². The summed E-state index contributed by atoms with van der Waals surface area (Å²) in [6.07, 6.45) is 1.66. The molecule has 1 saturated heterocycles. The molecule has 1 amide bonds. The molecule has 19 heavy (non-hydrogen) atoms. The van der Waals surface area contributed by atoms with Gasteiger partial charge in [-0.15, -0.1) is 0 Å². The van der Waals surface area contributed by atoms with E-state index in [0.29, 0.717) is 6.54 Å². The van der Waals surface area contributed by atoms with Gasteiger partial charge in [-0.1, -0.05) is 0 Å². The van der Waals surface area contributed by atoms with E-state index in [1.807, 2.05) is 0 Å². The van der Waals surface area contributed by atoms with Crippen LogP contribution in [0.3, 0.4) is 0 Å². The molecule has 0 spiro atoms. The Morgan fingerprint density at radius 2 is 2.32 bits per heavy atom. The Morgan fingerprint density at radius 3 is 2.95 bits per heavy atom. The number of carbonyl (C=O) groups excluding carboxylic acids is 1. The molecule has 0 aliphatic carbocycles. The van der Waals surface area contributed by atoms with E-state index >= 15 is 0 Å². The molecule has 1 aromatic carbocycles. The highest BCUT2D eigenvalue weighted by atomic mass is 16.5. The van der Waals surface area contributed by atoms with Crippen LogP contribution in [0.5, 0.6) is 11.5 Å². The number of aliphatic hydroxyl groups is 1. The maximum Gasteiger partial charge on any atom is 0.256 e. The largest absolute Gasteiger partial charge is 0.504 e. The number of hydrogen-bond acceptors (Lipinski definition) is 5. The van der Waals surface area contributed by atoms with Crippen molar-refractivity contribution in [1.82, 2.24) is 4.90 Å². The second kappa shape index (κ2) is 5.36. The second-order valence-corrected chi connectivity index (χ2v) is 4.59. The number of nitrogen functional groups attached to an aromatic ring is 1. The van der Waals surface area contributed by atoms with Crippen molar-refractivity contribution in [2.75, 3.05) is 26.0 Å². The van der Waals surface area contributed by atoms with E-state index in [0.717, 1.165) is 12.8 Å². The number of rotatable bonds is 3. The summed E-state index contributed by atoms with van der Waals surface area (Å²) in [4.78, 5) is 14.0. The molecule has 104 valence electrons. The fourth-order valence-electron chi connectivity index (χ4n) is 2.38. The van der Waals surface area contributed by atoms with Crippen molar-refractivity contribution in [3.8, 4) is 11.5 Å². The van der Waals surface area contributed by atoms with Crippen molar-refractivity contribution in [1.29, 1.82) is 0 Å². The average molecular weight is 266 g/mol. The zero-order valence-electron chi connectivity index (χ0n) is 10.8. The monoisotopic (exact) mass is 266 g/mol. The quantitative estimate of drug-likeness (QED) is 0.695. The normalized spacial score (nSPS) is 18.6. The number of aliphatic hydroxyl groups excluding tert-OH is 1. The Morgan fingerprint density at radius 1 is 1.58 bits per heavy atom. The number of aromatic hydroxyl groups is 1. The van der Waals surface area contributed by atoms with Crippen LogP contribution in [0.15, 0.2) is 12.1 Å². The zero-order valence-corrected chi connectivity index (χ0v) is 10.8. The number of methoxy groups -OCH3 is 1. The van der Waals surface area contributed by atoms with E-state index in [1.165, 1.54) is 19.2 Å². The summed E-state index contributed by atoms with van der Waals surface area (Å²) in [6.45, 7) is 0.549. The first-order valence-electron chi connectivity index (χ1n) is 6.16. The number of nitrogens with zero attached hydrogens (tertiary/aromatic N) is 1. The lowest BCUT2D eigenvalue weighted by atomic mass is 10.1. The van der Waals surface area contributed by atoms with Crippen LogP contribution < -0.4 is 10.5 Å². The minimum Gasteiger partial charge on any atom is -0.504 e. The van der Waals surface area contributed by atoms with Crippen molar-refractivity contribution in [2.24, 2.45) is 0 Å². The number of likely N-dealkylation sites (tertiary alicyclic amines) is 1. The number of anilines is 1. The molecule has 1 aromatic rings. The van der Waals surface area contributed by atoms with Gasteiger partial charge in [0.25, 0.3) is 5.91 Å². The highest BCUT2D eigenvalue weighted by Crippen LogP contribution is 2.32. The summed E-state index contributed by atoms with van der Waals surface area (Å²) in [5.41, 5.74) is 6.26. The fraction of sp³-hybridized carbons (Fsp3) is 0.462. The van der Waals surface area contributed by atoms with Crippen LogP contribution >= 0.6 is 0 Å². The Kier molecular flexibility index (Phi) is 3.80. The van der Waals surface area contributed by atoms with Crippen LogP contribution in [-0.2, 0) is 0 Å². The number of carbonyl (C=O) groups is 1. The molecule has 4 N–H and O–H groups in total. The predicted octanol–water partition coefficient (Wildman–Crippen LogP) is 0.580. The smallest absolute Gasteiger partial charge is 0.256 e. The number of nitrogens with two attached hydrogens (primary N) is 1. The van der Waals surface area contributed by atoms with Crippen molar-refractivity contribution >= 4 is 11.6 Å². The van der Waals surface area contributed by atoms with Gasteiger partial charge in [0.2, 0.25) is 0 Å². The molecule has 0 radical (unpaired) electrons. The van der Waals surface area contributed by atoms with E-state index in [4.69, 9.17) is 10.5 Å². The molecule has 0 saturated carbocycles. The summed E-state index contributed by atoms with van der Waals surface area (Å²) in [6, 6.07) is 2.57. The van der Waals surface area contributed by atoms with Gasteiger partial charge in [0.15, 0.2) is 11.5 Å². The molecule has 1 aliphatic heterocycles. The zero-order chi connectivity index (χ0) is 14.0. The van der Waals surface area contributed by atoms with Gasteiger partial charge in [-0.05, 0) is 18.9 Å². The highest BCUT2D eigenvalue weighted by Gasteiger charge is 2.30. The maximum absolute atomic E-state index is 12.4. The summed E-state index contributed by atoms with van der Waals surface area (Å²) in [5, 5.41) is 18.8. The fourth-order valence-corrected chi connectivity index (χ4v) is 2.38. The topological polar surface area (TPSA) is 96.0 Å². The third kappa shape index (κ3) is 2.44. The predicted molar refractivity (Wildman–Crippen MR) is 70.2 cm³/mol. The van der Waals surface area contributed by atoms with Crippen LogP contribution in [0.2, 0.25) is 0 Å². The minimum atomic E-state index is -0.243. The van der Waals surface area contributed by atoms with Crippen LogP contribution in [0.4, 0.5) is 5.69 Å². The lowest BCUT2D eigenvalue weighted by molar-refractivity contribution is 0.0678. The van der Waals surface area contributed by atoms with Gasteiger partial charge >= 0.3 is 0 Å². The molecule has 1 heterocycles. The summed E-state index contributed by atoms with van der Waals surface area (Å²) >= 11 is 0. The van der Waals surface area contributed by atoms with E-state index in [-0.39, 0.29) is 41.3 Å². The number of phenolic OH excluding ortho intramolecular Hbond substituents is 1. The van der Waals surface area contributed by atoms with E-state index < -0.39 is 0 Å².